The van der Waals surface area contributed by atoms with Gasteiger partial charge in [0.15, 0.2) is 6.61 Å². The standard InChI is InChI=1S/C26H21ClN2O5/c1-32-23-9-4-3-8-19(23)26(31)28-18-10-11-21-20(13-18)24(34-15-25(30)33-2)14-22(29-21)16-6-5-7-17(27)12-16/h3-14H,15H2,1-2H3,(H,28,31). The summed E-state index contributed by atoms with van der Waals surface area (Å²) in [4.78, 5) is 29.2. The van der Waals surface area contributed by atoms with Crippen molar-refractivity contribution < 1.29 is 23.8 Å². The molecule has 8 heteroatoms. The van der Waals surface area contributed by atoms with Crippen LogP contribution in [0.1, 0.15) is 10.4 Å². The highest BCUT2D eigenvalue weighted by atomic mass is 35.5. The van der Waals surface area contributed by atoms with Crippen molar-refractivity contribution in [3.8, 4) is 22.8 Å². The third kappa shape index (κ3) is 5.10. The Labute approximate surface area is 201 Å². The molecule has 1 heterocycles. The van der Waals surface area contributed by atoms with Crippen LogP contribution in [0, 0.1) is 0 Å². The molecule has 0 spiro atoms. The Morgan fingerprint density at radius 3 is 2.53 bits per heavy atom. The fraction of sp³-hybridized carbons (Fsp3) is 0.115. The summed E-state index contributed by atoms with van der Waals surface area (Å²) in [6.45, 7) is -0.275. The fourth-order valence-corrected chi connectivity index (χ4v) is 3.60. The molecule has 3 aromatic carbocycles. The van der Waals surface area contributed by atoms with Gasteiger partial charge in [0.25, 0.3) is 5.91 Å². The van der Waals surface area contributed by atoms with Gasteiger partial charge < -0.3 is 19.5 Å². The summed E-state index contributed by atoms with van der Waals surface area (Å²) in [6, 6.07) is 21.2. The Kier molecular flexibility index (Phi) is 6.94. The van der Waals surface area contributed by atoms with Gasteiger partial charge in [-0.15, -0.1) is 0 Å². The second-order valence-electron chi connectivity index (χ2n) is 7.27. The molecule has 1 N–H and O–H groups in total. The molecule has 34 heavy (non-hydrogen) atoms. The van der Waals surface area contributed by atoms with Gasteiger partial charge in [-0.05, 0) is 42.5 Å². The molecule has 0 atom stereocenters. The van der Waals surface area contributed by atoms with Crippen molar-refractivity contribution in [3.63, 3.8) is 0 Å². The number of para-hydroxylation sites is 1. The third-order valence-electron chi connectivity index (χ3n) is 5.07. The van der Waals surface area contributed by atoms with Gasteiger partial charge in [-0.25, -0.2) is 9.78 Å². The first-order valence-corrected chi connectivity index (χ1v) is 10.7. The molecule has 0 saturated carbocycles. The number of nitrogens with zero attached hydrogens (tertiary/aromatic N) is 1. The highest BCUT2D eigenvalue weighted by Crippen LogP contribution is 2.33. The zero-order valence-corrected chi connectivity index (χ0v) is 19.3. The lowest BCUT2D eigenvalue weighted by atomic mass is 10.1. The van der Waals surface area contributed by atoms with Crippen LogP contribution in [0.4, 0.5) is 5.69 Å². The van der Waals surface area contributed by atoms with Crippen LogP contribution in [0.15, 0.2) is 72.8 Å². The molecule has 1 amide bonds. The topological polar surface area (TPSA) is 86.8 Å². The van der Waals surface area contributed by atoms with E-state index < -0.39 is 5.97 Å². The van der Waals surface area contributed by atoms with Gasteiger partial charge in [-0.3, -0.25) is 4.79 Å². The normalized spacial score (nSPS) is 10.6. The van der Waals surface area contributed by atoms with E-state index in [4.69, 9.17) is 30.8 Å². The van der Waals surface area contributed by atoms with Crippen molar-refractivity contribution in [1.82, 2.24) is 4.98 Å². The second kappa shape index (κ2) is 10.2. The molecule has 0 unspecified atom stereocenters. The van der Waals surface area contributed by atoms with Gasteiger partial charge in [-0.1, -0.05) is 35.9 Å². The zero-order chi connectivity index (χ0) is 24.1. The van der Waals surface area contributed by atoms with E-state index in [0.29, 0.717) is 44.4 Å². The highest BCUT2D eigenvalue weighted by Gasteiger charge is 2.15. The molecular formula is C26H21ClN2O5. The van der Waals surface area contributed by atoms with E-state index in [1.165, 1.54) is 14.2 Å². The van der Waals surface area contributed by atoms with Gasteiger partial charge in [0.2, 0.25) is 0 Å². The SMILES string of the molecule is COC(=O)COc1cc(-c2cccc(Cl)c2)nc2ccc(NC(=O)c3ccccc3OC)cc12. The number of anilines is 1. The molecule has 0 aliphatic heterocycles. The predicted molar refractivity (Wildman–Crippen MR) is 131 cm³/mol. The van der Waals surface area contributed by atoms with Gasteiger partial charge >= 0.3 is 5.97 Å². The minimum Gasteiger partial charge on any atom is -0.496 e. The summed E-state index contributed by atoms with van der Waals surface area (Å²) in [5.41, 5.74) is 2.98. The lowest BCUT2D eigenvalue weighted by Gasteiger charge is -2.13. The minimum atomic E-state index is -0.519. The number of aromatic nitrogens is 1. The summed E-state index contributed by atoms with van der Waals surface area (Å²) in [5.74, 6) is 0.0433. The predicted octanol–water partition coefficient (Wildman–Crippen LogP) is 5.37. The number of fused-ring (bicyclic) bond motifs is 1. The number of halogens is 1. The van der Waals surface area contributed by atoms with Crippen LogP contribution < -0.4 is 14.8 Å². The van der Waals surface area contributed by atoms with Gasteiger partial charge in [-0.2, -0.15) is 0 Å². The van der Waals surface area contributed by atoms with Crippen molar-refractivity contribution >= 4 is 40.1 Å². The van der Waals surface area contributed by atoms with Crippen LogP contribution in [0.5, 0.6) is 11.5 Å². The smallest absolute Gasteiger partial charge is 0.343 e. The number of nitrogens with one attached hydrogen (secondary N) is 1. The van der Waals surface area contributed by atoms with E-state index >= 15 is 0 Å². The van der Waals surface area contributed by atoms with Crippen LogP contribution in [0.2, 0.25) is 5.02 Å². The molecule has 7 nitrogen and oxygen atoms in total. The molecule has 0 bridgehead atoms. The Balaban J connectivity index is 1.73. The maximum atomic E-state index is 12.8. The molecule has 0 aliphatic carbocycles. The maximum Gasteiger partial charge on any atom is 0.343 e. The zero-order valence-electron chi connectivity index (χ0n) is 18.5. The van der Waals surface area contributed by atoms with E-state index in [9.17, 15) is 9.59 Å². The van der Waals surface area contributed by atoms with Crippen molar-refractivity contribution in [1.29, 1.82) is 0 Å². The number of rotatable bonds is 7. The van der Waals surface area contributed by atoms with Crippen molar-refractivity contribution in [2.75, 3.05) is 26.1 Å². The van der Waals surface area contributed by atoms with Gasteiger partial charge in [0, 0.05) is 27.7 Å². The molecule has 0 aliphatic rings. The lowest BCUT2D eigenvalue weighted by molar-refractivity contribution is -0.142. The summed E-state index contributed by atoms with van der Waals surface area (Å²) in [5, 5.41) is 4.06. The first kappa shape index (κ1) is 23.1. The third-order valence-corrected chi connectivity index (χ3v) is 5.31. The van der Waals surface area contributed by atoms with E-state index in [-0.39, 0.29) is 12.5 Å². The van der Waals surface area contributed by atoms with Crippen LogP contribution >= 0.6 is 11.6 Å². The van der Waals surface area contributed by atoms with Crippen molar-refractivity contribution in [3.05, 3.63) is 83.4 Å². The number of ether oxygens (including phenoxy) is 3. The highest BCUT2D eigenvalue weighted by molar-refractivity contribution is 6.30. The molecule has 0 fully saturated rings. The maximum absolute atomic E-state index is 12.8. The fourth-order valence-electron chi connectivity index (χ4n) is 3.41. The molecular weight excluding hydrogens is 456 g/mol. The quantitative estimate of drug-likeness (QED) is 0.361. The monoisotopic (exact) mass is 476 g/mol. The van der Waals surface area contributed by atoms with Gasteiger partial charge in [0.05, 0.1) is 31.0 Å². The first-order valence-electron chi connectivity index (χ1n) is 10.3. The first-order chi connectivity index (χ1) is 16.5. The van der Waals surface area contributed by atoms with E-state index in [2.05, 4.69) is 5.32 Å². The number of esters is 1. The minimum absolute atomic E-state index is 0.275. The summed E-state index contributed by atoms with van der Waals surface area (Å²) >= 11 is 6.15. The number of hydrogen-bond donors (Lipinski definition) is 1. The molecule has 172 valence electrons. The number of amides is 1. The number of hydrogen-bond acceptors (Lipinski definition) is 6. The molecule has 4 aromatic rings. The van der Waals surface area contributed by atoms with Crippen LogP contribution in [-0.2, 0) is 9.53 Å². The Morgan fingerprint density at radius 2 is 1.76 bits per heavy atom. The Morgan fingerprint density at radius 1 is 0.941 bits per heavy atom. The van der Waals surface area contributed by atoms with Gasteiger partial charge in [0.1, 0.15) is 11.5 Å². The molecule has 0 radical (unpaired) electrons. The summed E-state index contributed by atoms with van der Waals surface area (Å²) < 4.78 is 15.7. The second-order valence-corrected chi connectivity index (χ2v) is 7.70. The number of carbonyl (C=O) groups is 2. The average molecular weight is 477 g/mol. The Hall–Kier alpha value is -4.10. The summed E-state index contributed by atoms with van der Waals surface area (Å²) in [6.07, 6.45) is 0. The summed E-state index contributed by atoms with van der Waals surface area (Å²) in [7, 11) is 2.80. The average Bonchev–Trinajstić information content (AvgIpc) is 2.86. The number of carbonyl (C=O) groups excluding carboxylic acids is 2. The number of pyridine rings is 1. The molecule has 1 aromatic heterocycles. The largest absolute Gasteiger partial charge is 0.496 e. The lowest BCUT2D eigenvalue weighted by Crippen LogP contribution is -2.14. The number of methoxy groups -OCH3 is 2. The van der Waals surface area contributed by atoms with E-state index in [1.807, 2.05) is 12.1 Å². The molecule has 0 saturated heterocycles. The van der Waals surface area contributed by atoms with Crippen molar-refractivity contribution in [2.45, 2.75) is 0 Å². The van der Waals surface area contributed by atoms with E-state index in [0.717, 1.165) is 5.56 Å². The number of benzene rings is 3. The van der Waals surface area contributed by atoms with Crippen molar-refractivity contribution in [2.24, 2.45) is 0 Å². The van der Waals surface area contributed by atoms with Crippen LogP contribution in [0.25, 0.3) is 22.2 Å². The molecule has 4 rings (SSSR count). The Bertz CT molecular complexity index is 1370. The van der Waals surface area contributed by atoms with E-state index in [1.54, 1.807) is 60.7 Å². The van der Waals surface area contributed by atoms with Crippen LogP contribution in [0.3, 0.4) is 0 Å². The van der Waals surface area contributed by atoms with Crippen LogP contribution in [-0.4, -0.2) is 37.7 Å².